The van der Waals surface area contributed by atoms with E-state index in [4.69, 9.17) is 17.0 Å². The molecule has 0 fully saturated rings. The fourth-order valence-electron chi connectivity index (χ4n) is 2.29. The number of imidazole rings is 1. The number of para-hydroxylation sites is 2. The Hall–Kier alpha value is -2.07. The van der Waals surface area contributed by atoms with Crippen LogP contribution in [0.3, 0.4) is 0 Å². The number of ether oxygens (including phenoxy) is 1. The van der Waals surface area contributed by atoms with Crippen LogP contribution in [0.2, 0.25) is 0 Å². The van der Waals surface area contributed by atoms with Crippen molar-refractivity contribution in [1.29, 1.82) is 0 Å². The van der Waals surface area contributed by atoms with Gasteiger partial charge in [0.1, 0.15) is 12.4 Å². The Morgan fingerprint density at radius 2 is 2.00 bits per heavy atom. The third-order valence-electron chi connectivity index (χ3n) is 3.25. The van der Waals surface area contributed by atoms with Crippen LogP contribution in [0.15, 0.2) is 48.5 Å². The van der Waals surface area contributed by atoms with Crippen molar-refractivity contribution < 1.29 is 4.74 Å². The molecule has 1 heterocycles. The largest absolute Gasteiger partial charge is 0.492 e. The van der Waals surface area contributed by atoms with E-state index < -0.39 is 0 Å². The summed E-state index contributed by atoms with van der Waals surface area (Å²) in [6, 6.07) is 16.2. The Morgan fingerprint density at radius 1 is 1.15 bits per heavy atom. The molecular formula is C16H16N2OS. The quantitative estimate of drug-likeness (QED) is 0.731. The summed E-state index contributed by atoms with van der Waals surface area (Å²) in [5, 5.41) is 0. The smallest absolute Gasteiger partial charge is 0.178 e. The topological polar surface area (TPSA) is 29.9 Å². The van der Waals surface area contributed by atoms with E-state index in [0.717, 1.165) is 28.1 Å². The number of fused-ring (bicyclic) bond motifs is 1. The minimum Gasteiger partial charge on any atom is -0.492 e. The molecule has 0 atom stereocenters. The zero-order chi connectivity index (χ0) is 13.9. The van der Waals surface area contributed by atoms with Gasteiger partial charge in [-0.15, -0.1) is 0 Å². The highest BCUT2D eigenvalue weighted by Gasteiger charge is 2.03. The average molecular weight is 284 g/mol. The van der Waals surface area contributed by atoms with Crippen LogP contribution in [0.1, 0.15) is 5.56 Å². The minimum absolute atomic E-state index is 0.597. The van der Waals surface area contributed by atoms with Crippen molar-refractivity contribution in [1.82, 2.24) is 9.55 Å². The molecule has 102 valence electrons. The number of benzene rings is 2. The van der Waals surface area contributed by atoms with Crippen LogP contribution in [0.25, 0.3) is 11.0 Å². The van der Waals surface area contributed by atoms with E-state index in [9.17, 15) is 0 Å². The fraction of sp³-hybridized carbons (Fsp3) is 0.188. The molecule has 0 unspecified atom stereocenters. The van der Waals surface area contributed by atoms with E-state index in [0.29, 0.717) is 6.61 Å². The zero-order valence-electron chi connectivity index (χ0n) is 11.3. The second kappa shape index (κ2) is 5.51. The Kier molecular flexibility index (Phi) is 3.56. The van der Waals surface area contributed by atoms with Gasteiger partial charge in [0.15, 0.2) is 4.77 Å². The lowest BCUT2D eigenvalue weighted by molar-refractivity contribution is 0.299. The van der Waals surface area contributed by atoms with Gasteiger partial charge >= 0.3 is 0 Å². The SMILES string of the molecule is Cc1cccc(OCCn2c(=S)[nH]c3ccccc32)c1. The van der Waals surface area contributed by atoms with Gasteiger partial charge in [0.2, 0.25) is 0 Å². The Labute approximate surface area is 122 Å². The summed E-state index contributed by atoms with van der Waals surface area (Å²) < 4.78 is 8.59. The molecule has 20 heavy (non-hydrogen) atoms. The van der Waals surface area contributed by atoms with E-state index in [-0.39, 0.29) is 0 Å². The molecule has 0 aliphatic carbocycles. The average Bonchev–Trinajstić information content (AvgIpc) is 2.75. The predicted octanol–water partition coefficient (Wildman–Crippen LogP) is 4.09. The number of aromatic amines is 1. The number of rotatable bonds is 4. The number of hydrogen-bond donors (Lipinski definition) is 1. The number of nitrogens with zero attached hydrogens (tertiary/aromatic N) is 1. The normalized spacial score (nSPS) is 10.8. The maximum atomic E-state index is 5.78. The molecule has 4 heteroatoms. The molecule has 0 bridgehead atoms. The van der Waals surface area contributed by atoms with Crippen molar-refractivity contribution in [3.63, 3.8) is 0 Å². The molecule has 2 aromatic carbocycles. The number of hydrogen-bond acceptors (Lipinski definition) is 2. The molecular weight excluding hydrogens is 268 g/mol. The first kappa shape index (κ1) is 12.9. The highest BCUT2D eigenvalue weighted by molar-refractivity contribution is 7.71. The highest BCUT2D eigenvalue weighted by atomic mass is 32.1. The van der Waals surface area contributed by atoms with E-state index in [1.807, 2.05) is 36.4 Å². The Morgan fingerprint density at radius 3 is 2.85 bits per heavy atom. The lowest BCUT2D eigenvalue weighted by Crippen LogP contribution is -2.08. The minimum atomic E-state index is 0.597. The summed E-state index contributed by atoms with van der Waals surface area (Å²) >= 11 is 5.36. The van der Waals surface area contributed by atoms with Gasteiger partial charge in [-0.1, -0.05) is 24.3 Å². The summed E-state index contributed by atoms with van der Waals surface area (Å²) in [5.74, 6) is 0.899. The lowest BCUT2D eigenvalue weighted by Gasteiger charge is -2.08. The van der Waals surface area contributed by atoms with Crippen molar-refractivity contribution in [2.45, 2.75) is 13.5 Å². The monoisotopic (exact) mass is 284 g/mol. The van der Waals surface area contributed by atoms with Crippen LogP contribution in [0, 0.1) is 11.7 Å². The van der Waals surface area contributed by atoms with Crippen molar-refractivity contribution in [3.05, 3.63) is 58.9 Å². The van der Waals surface area contributed by atoms with Crippen LogP contribution in [-0.2, 0) is 6.54 Å². The first-order valence-electron chi connectivity index (χ1n) is 6.61. The van der Waals surface area contributed by atoms with Crippen LogP contribution in [-0.4, -0.2) is 16.2 Å². The van der Waals surface area contributed by atoms with Gasteiger partial charge in [0, 0.05) is 0 Å². The first-order valence-corrected chi connectivity index (χ1v) is 7.02. The van der Waals surface area contributed by atoms with Crippen molar-refractivity contribution >= 4 is 23.3 Å². The van der Waals surface area contributed by atoms with Crippen molar-refractivity contribution in [2.75, 3.05) is 6.61 Å². The van der Waals surface area contributed by atoms with Crippen LogP contribution in [0.5, 0.6) is 5.75 Å². The number of nitrogens with one attached hydrogen (secondary N) is 1. The summed E-state index contributed by atoms with van der Waals surface area (Å²) in [6.45, 7) is 3.39. The lowest BCUT2D eigenvalue weighted by atomic mass is 10.2. The number of H-pyrrole nitrogens is 1. The summed E-state index contributed by atoms with van der Waals surface area (Å²) in [4.78, 5) is 3.21. The van der Waals surface area contributed by atoms with Gasteiger partial charge in [0.25, 0.3) is 0 Å². The Bertz CT molecular complexity index is 788. The van der Waals surface area contributed by atoms with Crippen LogP contribution in [0.4, 0.5) is 0 Å². The molecule has 0 saturated heterocycles. The second-order valence-electron chi connectivity index (χ2n) is 4.76. The van der Waals surface area contributed by atoms with Crippen LogP contribution < -0.4 is 4.74 Å². The summed E-state index contributed by atoms with van der Waals surface area (Å²) in [5.41, 5.74) is 3.38. The third-order valence-corrected chi connectivity index (χ3v) is 3.58. The second-order valence-corrected chi connectivity index (χ2v) is 5.15. The van der Waals surface area contributed by atoms with E-state index >= 15 is 0 Å². The zero-order valence-corrected chi connectivity index (χ0v) is 12.1. The molecule has 3 aromatic rings. The van der Waals surface area contributed by atoms with Crippen molar-refractivity contribution in [2.24, 2.45) is 0 Å². The first-order chi connectivity index (χ1) is 9.74. The molecule has 0 saturated carbocycles. The van der Waals surface area contributed by atoms with Gasteiger partial charge in [-0.2, -0.15) is 0 Å². The van der Waals surface area contributed by atoms with Crippen LogP contribution >= 0.6 is 12.2 Å². The molecule has 1 aromatic heterocycles. The molecule has 0 aliphatic heterocycles. The molecule has 0 aliphatic rings. The molecule has 1 N–H and O–H groups in total. The summed E-state index contributed by atoms with van der Waals surface area (Å²) in [7, 11) is 0. The van der Waals surface area contributed by atoms with E-state index in [2.05, 4.69) is 28.6 Å². The van der Waals surface area contributed by atoms with Gasteiger partial charge in [0.05, 0.1) is 17.6 Å². The van der Waals surface area contributed by atoms with Gasteiger partial charge in [-0.05, 0) is 49.0 Å². The van der Waals surface area contributed by atoms with E-state index in [1.54, 1.807) is 0 Å². The maximum Gasteiger partial charge on any atom is 0.178 e. The van der Waals surface area contributed by atoms with Gasteiger partial charge < -0.3 is 14.3 Å². The molecule has 0 spiro atoms. The fourth-order valence-corrected chi connectivity index (χ4v) is 2.59. The van der Waals surface area contributed by atoms with Gasteiger partial charge in [-0.25, -0.2) is 0 Å². The molecule has 0 amide bonds. The molecule has 3 rings (SSSR count). The van der Waals surface area contributed by atoms with Crippen molar-refractivity contribution in [3.8, 4) is 5.75 Å². The number of aromatic nitrogens is 2. The Balaban J connectivity index is 1.74. The number of aryl methyl sites for hydroxylation is 1. The van der Waals surface area contributed by atoms with Gasteiger partial charge in [-0.3, -0.25) is 0 Å². The predicted molar refractivity (Wildman–Crippen MR) is 83.8 cm³/mol. The maximum absolute atomic E-state index is 5.78. The highest BCUT2D eigenvalue weighted by Crippen LogP contribution is 2.15. The van der Waals surface area contributed by atoms with E-state index in [1.165, 1.54) is 5.56 Å². The molecule has 3 nitrogen and oxygen atoms in total. The summed E-state index contributed by atoms with van der Waals surface area (Å²) in [6.07, 6.45) is 0. The third kappa shape index (κ3) is 2.60. The standard InChI is InChI=1S/C16H16N2OS/c1-12-5-4-6-13(11-12)19-10-9-18-15-8-3-2-7-14(15)17-16(18)20/h2-8,11H,9-10H2,1H3,(H,17,20). The molecule has 0 radical (unpaired) electrons.